The lowest BCUT2D eigenvalue weighted by Crippen LogP contribution is -2.53. The van der Waals surface area contributed by atoms with Gasteiger partial charge >= 0.3 is 12.4 Å². The first-order valence-corrected chi connectivity index (χ1v) is 8.55. The molecule has 0 aliphatic carbocycles. The van der Waals surface area contributed by atoms with Crippen LogP contribution in [0.5, 0.6) is 0 Å². The lowest BCUT2D eigenvalue weighted by molar-refractivity contribution is -0.256. The Bertz CT molecular complexity index is 1170. The Balaban J connectivity index is 2.29. The molecule has 0 aliphatic rings. The summed E-state index contributed by atoms with van der Waals surface area (Å²) in [5.74, 6) is -2.26. The number of aromatic nitrogens is 3. The Morgan fingerprint density at radius 3 is 2.39 bits per heavy atom. The van der Waals surface area contributed by atoms with Crippen LogP contribution in [0.1, 0.15) is 16.8 Å². The number of likely N-dealkylation sites (N-methyl/N-ethyl adjacent to an activating group) is 1. The predicted octanol–water partition coefficient (Wildman–Crippen LogP) is 2.80. The van der Waals surface area contributed by atoms with Crippen LogP contribution in [-0.2, 0) is 16.6 Å². The molecule has 31 heavy (non-hydrogen) atoms. The van der Waals surface area contributed by atoms with Gasteiger partial charge in [-0.3, -0.25) is 9.20 Å². The van der Waals surface area contributed by atoms with Gasteiger partial charge in [0.1, 0.15) is 0 Å². The van der Waals surface area contributed by atoms with Crippen molar-refractivity contribution in [1.29, 1.82) is 0 Å². The zero-order chi connectivity index (χ0) is 23.4. The Morgan fingerprint density at radius 1 is 1.19 bits per heavy atom. The summed E-state index contributed by atoms with van der Waals surface area (Å²) in [6.07, 6.45) is -8.51. The minimum Gasteiger partial charge on any atom is -0.381 e. The summed E-state index contributed by atoms with van der Waals surface area (Å²) in [4.78, 5) is 19.1. The molecule has 3 rings (SSSR count). The van der Waals surface area contributed by atoms with E-state index in [0.29, 0.717) is 11.8 Å². The number of nitrogen functional groups attached to an aromatic ring is 1. The molecule has 0 unspecified atom stereocenters. The van der Waals surface area contributed by atoms with Crippen LogP contribution < -0.4 is 11.1 Å². The number of anilines is 1. The zero-order valence-electron chi connectivity index (χ0n) is 15.9. The van der Waals surface area contributed by atoms with Crippen molar-refractivity contribution >= 4 is 17.4 Å². The van der Waals surface area contributed by atoms with E-state index in [1.165, 1.54) is 13.0 Å². The lowest BCUT2D eigenvalue weighted by atomic mass is 9.89. The highest BCUT2D eigenvalue weighted by atomic mass is 19.4. The van der Waals surface area contributed by atoms with Crippen molar-refractivity contribution in [3.8, 4) is 11.3 Å². The van der Waals surface area contributed by atoms with Gasteiger partial charge in [0.25, 0.3) is 11.5 Å². The number of nitrogens with zero attached hydrogens (tertiary/aromatic N) is 3. The number of carbonyl (C=O) groups excluding carboxylic acids is 1. The molecule has 4 N–H and O–H groups in total. The summed E-state index contributed by atoms with van der Waals surface area (Å²) in [6, 6.07) is 2.96. The average molecular weight is 447 g/mol. The first-order valence-electron chi connectivity index (χ1n) is 8.55. The zero-order valence-corrected chi connectivity index (χ0v) is 15.9. The first kappa shape index (κ1) is 22.3. The van der Waals surface area contributed by atoms with Crippen LogP contribution in [0, 0.1) is 6.92 Å². The summed E-state index contributed by atoms with van der Waals surface area (Å²) in [7, 11) is 0.924. The summed E-state index contributed by atoms with van der Waals surface area (Å²) in [5, 5.41) is 12.0. The fourth-order valence-electron chi connectivity index (χ4n) is 3.08. The van der Waals surface area contributed by atoms with Crippen molar-refractivity contribution in [2.24, 2.45) is 0 Å². The number of fused-ring (bicyclic) bond motifs is 1. The van der Waals surface area contributed by atoms with Gasteiger partial charge in [-0.05, 0) is 18.6 Å². The SMILES string of the molecule is CNC(=O)[C@@](O)(c1ccc(C)c(-c2cnc3c(N)nc(C(F)(F)F)cn23)c1)C(F)(F)F. The number of carbonyl (C=O) groups is 1. The molecule has 13 heteroatoms. The average Bonchev–Trinajstić information content (AvgIpc) is 3.10. The molecule has 0 spiro atoms. The molecule has 1 amide bonds. The Kier molecular flexibility index (Phi) is 5.13. The molecule has 0 saturated carbocycles. The maximum Gasteiger partial charge on any atom is 0.434 e. The number of nitrogens with one attached hydrogen (secondary N) is 1. The summed E-state index contributed by atoms with van der Waals surface area (Å²) >= 11 is 0. The Labute approximate surface area is 170 Å². The van der Waals surface area contributed by atoms with Gasteiger partial charge in [0, 0.05) is 24.4 Å². The van der Waals surface area contributed by atoms with Crippen molar-refractivity contribution in [2.75, 3.05) is 12.8 Å². The van der Waals surface area contributed by atoms with Gasteiger partial charge in [-0.1, -0.05) is 12.1 Å². The van der Waals surface area contributed by atoms with E-state index in [0.717, 1.165) is 29.8 Å². The predicted molar refractivity (Wildman–Crippen MR) is 96.6 cm³/mol. The molecule has 0 aliphatic heterocycles. The van der Waals surface area contributed by atoms with Crippen molar-refractivity contribution in [2.45, 2.75) is 24.9 Å². The van der Waals surface area contributed by atoms with Crippen LogP contribution in [0.4, 0.5) is 32.2 Å². The largest absolute Gasteiger partial charge is 0.434 e. The highest BCUT2D eigenvalue weighted by Crippen LogP contribution is 2.41. The molecule has 0 fully saturated rings. The molecule has 2 aromatic heterocycles. The smallest absolute Gasteiger partial charge is 0.381 e. The van der Waals surface area contributed by atoms with Crippen LogP contribution in [0.3, 0.4) is 0 Å². The highest BCUT2D eigenvalue weighted by Gasteiger charge is 2.60. The van der Waals surface area contributed by atoms with Gasteiger partial charge in [0.2, 0.25) is 0 Å². The van der Waals surface area contributed by atoms with Gasteiger partial charge in [-0.2, -0.15) is 26.3 Å². The number of halogens is 6. The second kappa shape index (κ2) is 7.11. The van der Waals surface area contributed by atoms with Crippen LogP contribution >= 0.6 is 0 Å². The van der Waals surface area contributed by atoms with E-state index in [2.05, 4.69) is 9.97 Å². The normalized spacial score (nSPS) is 14.5. The Hall–Kier alpha value is -3.35. The van der Waals surface area contributed by atoms with E-state index in [1.807, 2.05) is 0 Å². The minimum absolute atomic E-state index is 0.00435. The van der Waals surface area contributed by atoms with E-state index in [9.17, 15) is 36.2 Å². The third-order valence-corrected chi connectivity index (χ3v) is 4.71. The maximum absolute atomic E-state index is 13.6. The van der Waals surface area contributed by atoms with Crippen LogP contribution in [-0.4, -0.2) is 38.6 Å². The van der Waals surface area contributed by atoms with E-state index in [-0.39, 0.29) is 16.9 Å². The molecular weight excluding hydrogens is 432 g/mol. The minimum atomic E-state index is -5.38. The molecule has 1 aromatic carbocycles. The third-order valence-electron chi connectivity index (χ3n) is 4.71. The van der Waals surface area contributed by atoms with Gasteiger partial charge in [0.05, 0.1) is 11.9 Å². The standard InChI is InChI=1S/C18H15F6N5O2/c1-8-3-4-9(16(31,15(30)26-2)18(22,23)24)5-10(8)11-6-27-14-13(25)28-12(7-29(11)14)17(19,20)21/h3-7,31H,1-2H3,(H2,25,28)(H,26,30)/t16-/m0/s1. The second-order valence-electron chi connectivity index (χ2n) is 6.66. The van der Waals surface area contributed by atoms with E-state index in [1.54, 1.807) is 5.32 Å². The fourth-order valence-corrected chi connectivity index (χ4v) is 3.08. The van der Waals surface area contributed by atoms with E-state index >= 15 is 0 Å². The number of benzene rings is 1. The highest BCUT2D eigenvalue weighted by molar-refractivity contribution is 5.87. The number of alkyl halides is 6. The molecular formula is C18H15F6N5O2. The lowest BCUT2D eigenvalue weighted by Gasteiger charge is -2.29. The van der Waals surface area contributed by atoms with Crippen molar-refractivity contribution in [1.82, 2.24) is 19.7 Å². The fraction of sp³-hybridized carbons (Fsp3) is 0.278. The van der Waals surface area contributed by atoms with E-state index < -0.39 is 40.9 Å². The number of aliphatic hydroxyl groups is 1. The van der Waals surface area contributed by atoms with Gasteiger partial charge in [-0.15, -0.1) is 0 Å². The topological polar surface area (TPSA) is 106 Å². The number of imidazole rings is 1. The monoisotopic (exact) mass is 447 g/mol. The number of aryl methyl sites for hydroxylation is 1. The van der Waals surface area contributed by atoms with Crippen molar-refractivity contribution in [3.63, 3.8) is 0 Å². The van der Waals surface area contributed by atoms with Crippen molar-refractivity contribution in [3.05, 3.63) is 47.4 Å². The molecule has 2 heterocycles. The van der Waals surface area contributed by atoms with Gasteiger partial charge < -0.3 is 16.2 Å². The number of hydrogen-bond acceptors (Lipinski definition) is 5. The molecule has 0 bridgehead atoms. The third kappa shape index (κ3) is 3.54. The molecule has 3 aromatic rings. The summed E-state index contributed by atoms with van der Waals surface area (Å²) < 4.78 is 81.2. The Morgan fingerprint density at radius 2 is 1.84 bits per heavy atom. The quantitative estimate of drug-likeness (QED) is 0.536. The molecule has 1 atom stereocenters. The van der Waals surface area contributed by atoms with Crippen LogP contribution in [0.25, 0.3) is 16.9 Å². The number of amides is 1. The van der Waals surface area contributed by atoms with Crippen molar-refractivity contribution < 1.29 is 36.2 Å². The number of rotatable bonds is 3. The van der Waals surface area contributed by atoms with Crippen LogP contribution in [0.15, 0.2) is 30.6 Å². The van der Waals surface area contributed by atoms with Crippen LogP contribution in [0.2, 0.25) is 0 Å². The number of hydrogen-bond donors (Lipinski definition) is 3. The maximum atomic E-state index is 13.6. The molecule has 0 radical (unpaired) electrons. The molecule has 7 nitrogen and oxygen atoms in total. The van der Waals surface area contributed by atoms with Gasteiger partial charge in [-0.25, -0.2) is 9.97 Å². The van der Waals surface area contributed by atoms with E-state index in [4.69, 9.17) is 5.73 Å². The molecule has 0 saturated heterocycles. The summed E-state index contributed by atoms with van der Waals surface area (Å²) in [5.41, 5.74) is -0.337. The second-order valence-corrected chi connectivity index (χ2v) is 6.66. The first-order chi connectivity index (χ1) is 14.2. The van der Waals surface area contributed by atoms with Gasteiger partial charge in [0.15, 0.2) is 17.2 Å². The molecule has 166 valence electrons. The number of nitrogens with two attached hydrogens (primary N) is 1. The summed E-state index contributed by atoms with van der Waals surface area (Å²) in [6.45, 7) is 1.49.